The zero-order valence-electron chi connectivity index (χ0n) is 10.1. The van der Waals surface area contributed by atoms with Crippen LogP contribution in [0.25, 0.3) is 0 Å². The van der Waals surface area contributed by atoms with Crippen LogP contribution in [0.15, 0.2) is 35.7 Å². The van der Waals surface area contributed by atoms with Crippen molar-refractivity contribution in [1.29, 1.82) is 5.26 Å². The van der Waals surface area contributed by atoms with E-state index in [0.29, 0.717) is 21.2 Å². The van der Waals surface area contributed by atoms with Crippen LogP contribution in [0.1, 0.15) is 21.2 Å². The Bertz CT molecular complexity index is 645. The number of ketones is 1. The van der Waals surface area contributed by atoms with Gasteiger partial charge in [-0.25, -0.2) is 0 Å². The Hall–Kier alpha value is -1.83. The summed E-state index contributed by atoms with van der Waals surface area (Å²) in [5, 5.41) is 11.5. The number of methoxy groups -OCH3 is 1. The second-order valence-corrected chi connectivity index (χ2v) is 5.15. The number of nitriles is 1. The van der Waals surface area contributed by atoms with Gasteiger partial charge in [-0.05, 0) is 29.1 Å². The molecule has 2 rings (SSSR count). The first kappa shape index (κ1) is 13.6. The lowest BCUT2D eigenvalue weighted by atomic mass is 9.95. The van der Waals surface area contributed by atoms with Crippen molar-refractivity contribution in [1.82, 2.24) is 0 Å². The Morgan fingerprint density at radius 1 is 1.47 bits per heavy atom. The Balaban J connectivity index is 2.38. The topological polar surface area (TPSA) is 50.1 Å². The molecule has 1 aromatic heterocycles. The number of rotatable bonds is 4. The molecule has 5 heteroatoms. The van der Waals surface area contributed by atoms with E-state index in [2.05, 4.69) is 0 Å². The van der Waals surface area contributed by atoms with Crippen molar-refractivity contribution in [2.75, 3.05) is 7.11 Å². The Morgan fingerprint density at radius 2 is 2.26 bits per heavy atom. The zero-order valence-corrected chi connectivity index (χ0v) is 11.7. The summed E-state index contributed by atoms with van der Waals surface area (Å²) in [6.45, 7) is 0. The third-order valence-electron chi connectivity index (χ3n) is 2.65. The first-order valence-electron chi connectivity index (χ1n) is 5.48. The molecule has 96 valence electrons. The highest BCUT2D eigenvalue weighted by Gasteiger charge is 2.25. The SMILES string of the molecule is COc1ccsc1C(=O)C(C#N)c1cccc(Cl)c1. The predicted molar refractivity (Wildman–Crippen MR) is 75.0 cm³/mol. The lowest BCUT2D eigenvalue weighted by Gasteiger charge is -2.09. The van der Waals surface area contributed by atoms with Crippen LogP contribution in [-0.2, 0) is 0 Å². The monoisotopic (exact) mass is 291 g/mol. The van der Waals surface area contributed by atoms with Gasteiger partial charge in [0.2, 0.25) is 0 Å². The average molecular weight is 292 g/mol. The maximum absolute atomic E-state index is 12.4. The van der Waals surface area contributed by atoms with E-state index < -0.39 is 5.92 Å². The highest BCUT2D eigenvalue weighted by molar-refractivity contribution is 7.12. The average Bonchev–Trinajstić information content (AvgIpc) is 2.87. The van der Waals surface area contributed by atoms with Gasteiger partial charge in [-0.3, -0.25) is 4.79 Å². The van der Waals surface area contributed by atoms with Crippen LogP contribution in [-0.4, -0.2) is 12.9 Å². The molecule has 1 unspecified atom stereocenters. The molecule has 3 nitrogen and oxygen atoms in total. The molecule has 0 saturated carbocycles. The van der Waals surface area contributed by atoms with E-state index in [0.717, 1.165) is 0 Å². The number of benzene rings is 1. The fraction of sp³-hybridized carbons (Fsp3) is 0.143. The molecule has 1 aromatic carbocycles. The van der Waals surface area contributed by atoms with Gasteiger partial charge in [0.05, 0.1) is 13.2 Å². The number of carbonyl (C=O) groups is 1. The van der Waals surface area contributed by atoms with Gasteiger partial charge in [-0.15, -0.1) is 11.3 Å². The number of nitrogens with zero attached hydrogens (tertiary/aromatic N) is 1. The normalized spacial score (nSPS) is 11.6. The van der Waals surface area contributed by atoms with E-state index in [9.17, 15) is 10.1 Å². The van der Waals surface area contributed by atoms with Gasteiger partial charge in [-0.1, -0.05) is 23.7 Å². The van der Waals surface area contributed by atoms with Crippen molar-refractivity contribution in [3.8, 4) is 11.8 Å². The number of carbonyl (C=O) groups excluding carboxylic acids is 1. The number of thiophene rings is 1. The Morgan fingerprint density at radius 3 is 2.89 bits per heavy atom. The quantitative estimate of drug-likeness (QED) is 0.803. The molecule has 0 bridgehead atoms. The maximum Gasteiger partial charge on any atom is 0.198 e. The van der Waals surface area contributed by atoms with Crippen LogP contribution in [0.3, 0.4) is 0 Å². The van der Waals surface area contributed by atoms with Crippen LogP contribution in [0.5, 0.6) is 5.75 Å². The van der Waals surface area contributed by atoms with Crippen LogP contribution < -0.4 is 4.74 Å². The molecule has 0 saturated heterocycles. The summed E-state index contributed by atoms with van der Waals surface area (Å²) in [6, 6.07) is 10.5. The third kappa shape index (κ3) is 2.78. The number of halogens is 1. The van der Waals surface area contributed by atoms with Crippen LogP contribution in [0.4, 0.5) is 0 Å². The summed E-state index contributed by atoms with van der Waals surface area (Å²) in [6.07, 6.45) is 0. The van der Waals surface area contributed by atoms with E-state index in [4.69, 9.17) is 16.3 Å². The number of Topliss-reactive ketones (excluding diaryl/α,β-unsaturated/α-hetero) is 1. The molecule has 0 aliphatic heterocycles. The van der Waals surface area contributed by atoms with Crippen LogP contribution in [0, 0.1) is 11.3 Å². The number of ether oxygens (including phenoxy) is 1. The van der Waals surface area contributed by atoms with Crippen molar-refractivity contribution in [2.45, 2.75) is 5.92 Å². The minimum absolute atomic E-state index is 0.267. The fourth-order valence-corrected chi connectivity index (χ4v) is 2.77. The largest absolute Gasteiger partial charge is 0.495 e. The lowest BCUT2D eigenvalue weighted by molar-refractivity contribution is 0.0980. The van der Waals surface area contributed by atoms with E-state index in [1.165, 1.54) is 18.4 Å². The minimum Gasteiger partial charge on any atom is -0.495 e. The summed E-state index contributed by atoms with van der Waals surface area (Å²) in [5.41, 5.74) is 0.593. The summed E-state index contributed by atoms with van der Waals surface area (Å²) < 4.78 is 5.11. The van der Waals surface area contributed by atoms with E-state index in [-0.39, 0.29) is 5.78 Å². The molecule has 0 fully saturated rings. The Kier molecular flexibility index (Phi) is 4.20. The third-order valence-corrected chi connectivity index (χ3v) is 3.79. The van der Waals surface area contributed by atoms with Gasteiger partial charge in [-0.2, -0.15) is 5.26 Å². The highest BCUT2D eigenvalue weighted by Crippen LogP contribution is 2.31. The highest BCUT2D eigenvalue weighted by atomic mass is 35.5. The molecule has 0 radical (unpaired) electrons. The van der Waals surface area contributed by atoms with Crippen molar-refractivity contribution in [3.05, 3.63) is 51.2 Å². The van der Waals surface area contributed by atoms with Gasteiger partial charge in [0.25, 0.3) is 0 Å². The standard InChI is InChI=1S/C14H10ClNO2S/c1-18-12-5-6-19-14(12)13(17)11(8-16)9-3-2-4-10(15)7-9/h2-7,11H,1H3. The van der Waals surface area contributed by atoms with Crippen LogP contribution in [0.2, 0.25) is 5.02 Å². The molecule has 0 aliphatic carbocycles. The molecular weight excluding hydrogens is 282 g/mol. The van der Waals surface area contributed by atoms with Crippen LogP contribution >= 0.6 is 22.9 Å². The van der Waals surface area contributed by atoms with Gasteiger partial charge in [0.15, 0.2) is 5.78 Å². The fourth-order valence-electron chi connectivity index (χ4n) is 1.74. The molecule has 0 N–H and O–H groups in total. The maximum atomic E-state index is 12.4. The van der Waals surface area contributed by atoms with Crippen molar-refractivity contribution in [2.24, 2.45) is 0 Å². The molecule has 1 atom stereocenters. The van der Waals surface area contributed by atoms with Crippen molar-refractivity contribution < 1.29 is 9.53 Å². The summed E-state index contributed by atoms with van der Waals surface area (Å²) in [5.74, 6) is -0.639. The minimum atomic E-state index is -0.869. The van der Waals surface area contributed by atoms with Gasteiger partial charge in [0, 0.05) is 5.02 Å². The van der Waals surface area contributed by atoms with E-state index in [1.807, 2.05) is 6.07 Å². The van der Waals surface area contributed by atoms with E-state index >= 15 is 0 Å². The van der Waals surface area contributed by atoms with Gasteiger partial charge in [0.1, 0.15) is 16.5 Å². The molecular formula is C14H10ClNO2S. The number of hydrogen-bond acceptors (Lipinski definition) is 4. The van der Waals surface area contributed by atoms with E-state index in [1.54, 1.807) is 35.7 Å². The predicted octanol–water partition coefficient (Wildman–Crippen LogP) is 3.90. The second-order valence-electron chi connectivity index (χ2n) is 3.80. The Labute approximate surface area is 120 Å². The van der Waals surface area contributed by atoms with Gasteiger partial charge < -0.3 is 4.74 Å². The smallest absolute Gasteiger partial charge is 0.198 e. The summed E-state index contributed by atoms with van der Waals surface area (Å²) in [4.78, 5) is 12.8. The number of hydrogen-bond donors (Lipinski definition) is 0. The molecule has 0 aliphatic rings. The second kappa shape index (κ2) is 5.87. The first-order chi connectivity index (χ1) is 9.17. The van der Waals surface area contributed by atoms with Crippen molar-refractivity contribution >= 4 is 28.7 Å². The van der Waals surface area contributed by atoms with Gasteiger partial charge >= 0.3 is 0 Å². The first-order valence-corrected chi connectivity index (χ1v) is 6.74. The molecule has 0 amide bonds. The molecule has 1 heterocycles. The molecule has 0 spiro atoms. The lowest BCUT2D eigenvalue weighted by Crippen LogP contribution is -2.10. The summed E-state index contributed by atoms with van der Waals surface area (Å²) >= 11 is 7.16. The zero-order chi connectivity index (χ0) is 13.8. The molecule has 19 heavy (non-hydrogen) atoms. The van der Waals surface area contributed by atoms with Crippen molar-refractivity contribution in [3.63, 3.8) is 0 Å². The summed E-state index contributed by atoms with van der Waals surface area (Å²) in [7, 11) is 1.50. The molecule has 2 aromatic rings.